The molecule has 0 saturated carbocycles. The minimum Gasteiger partial charge on any atom is -0.250 e. The van der Waals surface area contributed by atoms with Crippen molar-refractivity contribution in [1.29, 1.82) is 0 Å². The van der Waals surface area contributed by atoms with Crippen molar-refractivity contribution in [3.05, 3.63) is 90.9 Å². The van der Waals surface area contributed by atoms with Gasteiger partial charge in [-0.2, -0.15) is 29.8 Å². The molecule has 174 valence electrons. The zero-order chi connectivity index (χ0) is 23.9. The third-order valence-corrected chi connectivity index (χ3v) is 5.90. The summed E-state index contributed by atoms with van der Waals surface area (Å²) in [6, 6.07) is 14.8. The van der Waals surface area contributed by atoms with Crippen molar-refractivity contribution < 1.29 is 0 Å². The van der Waals surface area contributed by atoms with Crippen molar-refractivity contribution in [2.45, 2.75) is 25.7 Å². The maximum atomic E-state index is 5.93. The standard InChI is InChI=1S/C22H20Cl2N8S2/c23-17-9-5-15(6-10-17)13-25-31-19(27-29-21(31)33)3-1-2-4-20-28-30-22(34)32(20)26-14-16-7-11-18(24)12-8-16/h5-14H,1-4H2,(H,29,33)(H,30,34)/b25-13-,26-14-. The Hall–Kier alpha value is -2.92. The van der Waals surface area contributed by atoms with Crippen LogP contribution in [0.25, 0.3) is 0 Å². The zero-order valence-corrected chi connectivity index (χ0v) is 21.0. The van der Waals surface area contributed by atoms with Crippen molar-refractivity contribution in [3.8, 4) is 0 Å². The lowest BCUT2D eigenvalue weighted by Crippen LogP contribution is -2.02. The highest BCUT2D eigenvalue weighted by Gasteiger charge is 2.08. The molecule has 0 atom stereocenters. The van der Waals surface area contributed by atoms with E-state index in [9.17, 15) is 0 Å². The number of rotatable bonds is 9. The number of H-pyrrole nitrogens is 2. The Morgan fingerprint density at radius 3 is 1.47 bits per heavy atom. The summed E-state index contributed by atoms with van der Waals surface area (Å²) in [5.74, 6) is 1.52. The molecule has 0 spiro atoms. The highest BCUT2D eigenvalue weighted by molar-refractivity contribution is 7.71. The highest BCUT2D eigenvalue weighted by atomic mass is 35.5. The molecular formula is C22H20Cl2N8S2. The normalized spacial score (nSPS) is 11.7. The summed E-state index contributed by atoms with van der Waals surface area (Å²) in [4.78, 5) is 0. The number of nitrogens with one attached hydrogen (secondary N) is 2. The summed E-state index contributed by atoms with van der Waals surface area (Å²) < 4.78 is 4.16. The molecule has 2 aromatic heterocycles. The first-order chi connectivity index (χ1) is 16.5. The van der Waals surface area contributed by atoms with Crippen LogP contribution in [0.2, 0.25) is 10.0 Å². The second-order valence-electron chi connectivity index (χ2n) is 7.31. The van der Waals surface area contributed by atoms with Crippen molar-refractivity contribution in [2.24, 2.45) is 10.2 Å². The van der Waals surface area contributed by atoms with Crippen molar-refractivity contribution in [3.63, 3.8) is 0 Å². The smallest absolute Gasteiger partial charge is 0.216 e. The molecule has 0 aliphatic rings. The maximum Gasteiger partial charge on any atom is 0.216 e. The summed E-state index contributed by atoms with van der Waals surface area (Å²) in [7, 11) is 0. The molecule has 0 radical (unpaired) electrons. The lowest BCUT2D eigenvalue weighted by molar-refractivity contribution is 0.643. The molecule has 0 bridgehead atoms. The van der Waals surface area contributed by atoms with E-state index in [-0.39, 0.29) is 0 Å². The monoisotopic (exact) mass is 530 g/mol. The van der Waals surface area contributed by atoms with Gasteiger partial charge in [-0.1, -0.05) is 47.5 Å². The Balaban J connectivity index is 1.36. The highest BCUT2D eigenvalue weighted by Crippen LogP contribution is 2.11. The van der Waals surface area contributed by atoms with Gasteiger partial charge in [-0.05, 0) is 72.7 Å². The molecule has 2 aromatic carbocycles. The fraction of sp³-hybridized carbons (Fsp3) is 0.182. The topological polar surface area (TPSA) is 91.9 Å². The molecule has 0 fully saturated rings. The summed E-state index contributed by atoms with van der Waals surface area (Å²) in [6.45, 7) is 0. The molecule has 12 heteroatoms. The Labute approximate surface area is 216 Å². The van der Waals surface area contributed by atoms with E-state index in [4.69, 9.17) is 47.6 Å². The van der Waals surface area contributed by atoms with Crippen LogP contribution in [0, 0.1) is 9.54 Å². The van der Waals surface area contributed by atoms with E-state index in [2.05, 4.69) is 30.6 Å². The van der Waals surface area contributed by atoms with Gasteiger partial charge in [0.1, 0.15) is 0 Å². The van der Waals surface area contributed by atoms with Gasteiger partial charge in [0.15, 0.2) is 11.6 Å². The van der Waals surface area contributed by atoms with E-state index in [1.54, 1.807) is 21.8 Å². The largest absolute Gasteiger partial charge is 0.250 e. The number of aromatic nitrogens is 6. The fourth-order valence-electron chi connectivity index (χ4n) is 3.12. The first-order valence-electron chi connectivity index (χ1n) is 10.4. The van der Waals surface area contributed by atoms with Crippen LogP contribution in [0.4, 0.5) is 0 Å². The minimum absolute atomic E-state index is 0.442. The number of halogens is 2. The van der Waals surface area contributed by atoms with Crippen molar-refractivity contribution in [1.82, 2.24) is 29.7 Å². The van der Waals surface area contributed by atoms with E-state index in [1.165, 1.54) is 0 Å². The fourth-order valence-corrected chi connectivity index (χ4v) is 3.77. The van der Waals surface area contributed by atoms with Gasteiger partial charge in [-0.15, -0.1) is 0 Å². The third-order valence-electron chi connectivity index (χ3n) is 4.87. The first-order valence-corrected chi connectivity index (χ1v) is 12.0. The quantitative estimate of drug-likeness (QED) is 0.162. The van der Waals surface area contributed by atoms with Gasteiger partial charge in [0.05, 0.1) is 12.4 Å². The van der Waals surface area contributed by atoms with Gasteiger partial charge in [-0.25, -0.2) is 0 Å². The Kier molecular flexibility index (Phi) is 8.17. The van der Waals surface area contributed by atoms with E-state index in [0.29, 0.717) is 32.4 Å². The second-order valence-corrected chi connectivity index (χ2v) is 8.96. The zero-order valence-electron chi connectivity index (χ0n) is 17.9. The molecule has 2 heterocycles. The first kappa shape index (κ1) is 24.2. The van der Waals surface area contributed by atoms with Gasteiger partial charge >= 0.3 is 0 Å². The lowest BCUT2D eigenvalue weighted by Gasteiger charge is -2.03. The summed E-state index contributed by atoms with van der Waals surface area (Å²) in [5.41, 5.74) is 1.83. The molecule has 0 amide bonds. The van der Waals surface area contributed by atoms with Crippen LogP contribution in [0.3, 0.4) is 0 Å². The van der Waals surface area contributed by atoms with Gasteiger partial charge in [0.2, 0.25) is 9.54 Å². The lowest BCUT2D eigenvalue weighted by atomic mass is 10.2. The van der Waals surface area contributed by atoms with Crippen LogP contribution in [-0.2, 0) is 12.8 Å². The number of aromatic amines is 2. The molecule has 0 unspecified atom stereocenters. The van der Waals surface area contributed by atoms with E-state index >= 15 is 0 Å². The van der Waals surface area contributed by atoms with Gasteiger partial charge in [0, 0.05) is 22.9 Å². The Bertz CT molecular complexity index is 1300. The molecule has 0 aliphatic heterocycles. The van der Waals surface area contributed by atoms with Crippen LogP contribution in [0.1, 0.15) is 35.6 Å². The van der Waals surface area contributed by atoms with E-state index in [0.717, 1.165) is 35.6 Å². The number of unbranched alkanes of at least 4 members (excludes halogenated alkanes) is 1. The number of aryl methyl sites for hydroxylation is 2. The predicted octanol–water partition coefficient (Wildman–Crippen LogP) is 5.83. The summed E-state index contributed by atoms with van der Waals surface area (Å²) >= 11 is 22.5. The Morgan fingerprint density at radius 1 is 0.706 bits per heavy atom. The molecule has 0 saturated heterocycles. The molecule has 8 nitrogen and oxygen atoms in total. The molecule has 4 aromatic rings. The third kappa shape index (κ3) is 6.35. The average Bonchev–Trinajstić information content (AvgIpc) is 3.37. The van der Waals surface area contributed by atoms with Gasteiger partial charge in [0.25, 0.3) is 0 Å². The number of hydrogen-bond donors (Lipinski definition) is 2. The van der Waals surface area contributed by atoms with Gasteiger partial charge < -0.3 is 0 Å². The number of benzene rings is 2. The molecule has 2 N–H and O–H groups in total. The maximum absolute atomic E-state index is 5.93. The van der Waals surface area contributed by atoms with E-state index in [1.807, 2.05) is 48.5 Å². The summed E-state index contributed by atoms with van der Waals surface area (Å²) in [5, 5.41) is 24.5. The molecule has 34 heavy (non-hydrogen) atoms. The molecular weight excluding hydrogens is 511 g/mol. The van der Waals surface area contributed by atoms with Crippen LogP contribution >= 0.6 is 47.6 Å². The summed E-state index contributed by atoms with van der Waals surface area (Å²) in [6.07, 6.45) is 6.56. The van der Waals surface area contributed by atoms with Crippen molar-refractivity contribution >= 4 is 60.1 Å². The van der Waals surface area contributed by atoms with E-state index < -0.39 is 0 Å². The number of nitrogens with zero attached hydrogens (tertiary/aromatic N) is 6. The van der Waals surface area contributed by atoms with Crippen molar-refractivity contribution in [2.75, 3.05) is 0 Å². The molecule has 4 rings (SSSR count). The minimum atomic E-state index is 0.442. The predicted molar refractivity (Wildman–Crippen MR) is 140 cm³/mol. The molecule has 0 aliphatic carbocycles. The average molecular weight is 531 g/mol. The van der Waals surface area contributed by atoms with Crippen LogP contribution in [-0.4, -0.2) is 42.2 Å². The van der Waals surface area contributed by atoms with Crippen LogP contribution < -0.4 is 0 Å². The van der Waals surface area contributed by atoms with Gasteiger partial charge in [-0.3, -0.25) is 10.2 Å². The number of hydrogen-bond acceptors (Lipinski definition) is 6. The Morgan fingerprint density at radius 2 is 1.09 bits per heavy atom. The second kappa shape index (κ2) is 11.5. The van der Waals surface area contributed by atoms with Crippen LogP contribution in [0.15, 0.2) is 58.7 Å². The van der Waals surface area contributed by atoms with Crippen LogP contribution in [0.5, 0.6) is 0 Å². The SMILES string of the molecule is S=c1[nH]nc(CCCCc2n[nH]c(=S)n2/N=C\c2ccc(Cl)cc2)n1/N=C\c1ccc(Cl)cc1.